The Morgan fingerprint density at radius 3 is 2.43 bits per heavy atom. The Labute approximate surface area is 130 Å². The predicted octanol–water partition coefficient (Wildman–Crippen LogP) is 4.27. The molecule has 0 aromatic heterocycles. The molecular weight excluding hydrogens is 256 g/mol. The Hall–Kier alpha value is -1.02. The van der Waals surface area contributed by atoms with Gasteiger partial charge in [0.2, 0.25) is 0 Å². The quantitative estimate of drug-likeness (QED) is 0.797. The SMILES string of the molecule is CCCCN1CCN(c2ccccc2C2CCCC2)CC1. The minimum atomic E-state index is 0.819. The minimum Gasteiger partial charge on any atom is -0.369 e. The van der Waals surface area contributed by atoms with Gasteiger partial charge in [-0.05, 0) is 43.4 Å². The van der Waals surface area contributed by atoms with Gasteiger partial charge >= 0.3 is 0 Å². The first kappa shape index (κ1) is 14.9. The molecule has 1 aliphatic carbocycles. The lowest BCUT2D eigenvalue weighted by molar-refractivity contribution is 0.254. The molecule has 1 saturated heterocycles. The van der Waals surface area contributed by atoms with E-state index in [-0.39, 0.29) is 0 Å². The second-order valence-electron chi connectivity index (χ2n) is 6.72. The molecule has 1 aromatic rings. The van der Waals surface area contributed by atoms with E-state index in [1.807, 2.05) is 0 Å². The third-order valence-corrected chi connectivity index (χ3v) is 5.27. The Kier molecular flexibility index (Phi) is 5.18. The summed E-state index contributed by atoms with van der Waals surface area (Å²) in [6.45, 7) is 8.45. The van der Waals surface area contributed by atoms with Gasteiger partial charge in [0, 0.05) is 31.9 Å². The van der Waals surface area contributed by atoms with Crippen LogP contribution in [0, 0.1) is 0 Å². The maximum Gasteiger partial charge on any atom is 0.0402 e. The van der Waals surface area contributed by atoms with Crippen molar-refractivity contribution in [3.05, 3.63) is 29.8 Å². The molecule has 3 rings (SSSR count). The van der Waals surface area contributed by atoms with E-state index < -0.39 is 0 Å². The molecule has 1 heterocycles. The second kappa shape index (κ2) is 7.31. The van der Waals surface area contributed by atoms with E-state index in [0.717, 1.165) is 5.92 Å². The maximum absolute atomic E-state index is 2.64. The first-order valence-electron chi connectivity index (χ1n) is 8.94. The van der Waals surface area contributed by atoms with Crippen molar-refractivity contribution in [1.82, 2.24) is 4.90 Å². The van der Waals surface area contributed by atoms with Crippen LogP contribution in [0.15, 0.2) is 24.3 Å². The third-order valence-electron chi connectivity index (χ3n) is 5.27. The molecule has 21 heavy (non-hydrogen) atoms. The van der Waals surface area contributed by atoms with Gasteiger partial charge in [0.05, 0.1) is 0 Å². The predicted molar refractivity (Wildman–Crippen MR) is 91.2 cm³/mol. The molecule has 2 nitrogen and oxygen atoms in total. The van der Waals surface area contributed by atoms with Crippen molar-refractivity contribution in [1.29, 1.82) is 0 Å². The van der Waals surface area contributed by atoms with Crippen molar-refractivity contribution >= 4 is 5.69 Å². The van der Waals surface area contributed by atoms with Crippen molar-refractivity contribution in [3.8, 4) is 0 Å². The molecule has 0 spiro atoms. The molecule has 2 fully saturated rings. The standard InChI is InChI=1S/C19H30N2/c1-2-3-12-20-13-15-21(16-14-20)19-11-7-6-10-18(19)17-8-4-5-9-17/h6-7,10-11,17H,2-5,8-9,12-16H2,1H3. The van der Waals surface area contributed by atoms with E-state index in [4.69, 9.17) is 0 Å². The van der Waals surface area contributed by atoms with Crippen LogP contribution < -0.4 is 4.90 Å². The molecule has 1 aliphatic heterocycles. The lowest BCUT2D eigenvalue weighted by Gasteiger charge is -2.37. The first-order chi connectivity index (χ1) is 10.4. The number of piperazine rings is 1. The second-order valence-corrected chi connectivity index (χ2v) is 6.72. The minimum absolute atomic E-state index is 0.819. The molecule has 2 aliphatic rings. The number of nitrogens with zero attached hydrogens (tertiary/aromatic N) is 2. The number of para-hydroxylation sites is 1. The van der Waals surface area contributed by atoms with Crippen molar-refractivity contribution in [2.45, 2.75) is 51.4 Å². The Morgan fingerprint density at radius 1 is 1.00 bits per heavy atom. The highest BCUT2D eigenvalue weighted by Crippen LogP contribution is 2.39. The fourth-order valence-corrected chi connectivity index (χ4v) is 3.95. The number of hydrogen-bond acceptors (Lipinski definition) is 2. The summed E-state index contributed by atoms with van der Waals surface area (Å²) in [6, 6.07) is 9.19. The lowest BCUT2D eigenvalue weighted by atomic mass is 9.95. The molecule has 0 unspecified atom stereocenters. The van der Waals surface area contributed by atoms with Crippen LogP contribution >= 0.6 is 0 Å². The molecule has 1 aromatic carbocycles. The summed E-state index contributed by atoms with van der Waals surface area (Å²) in [4.78, 5) is 5.27. The van der Waals surface area contributed by atoms with Gasteiger partial charge in [-0.25, -0.2) is 0 Å². The van der Waals surface area contributed by atoms with Crippen LogP contribution in [0.1, 0.15) is 56.9 Å². The molecule has 2 heteroatoms. The van der Waals surface area contributed by atoms with Gasteiger partial charge in [-0.3, -0.25) is 4.90 Å². The van der Waals surface area contributed by atoms with Crippen LogP contribution in [0.2, 0.25) is 0 Å². The van der Waals surface area contributed by atoms with E-state index in [0.29, 0.717) is 0 Å². The van der Waals surface area contributed by atoms with Gasteiger partial charge in [-0.1, -0.05) is 44.4 Å². The van der Waals surface area contributed by atoms with E-state index in [2.05, 4.69) is 41.0 Å². The van der Waals surface area contributed by atoms with E-state index in [1.165, 1.54) is 76.9 Å². The van der Waals surface area contributed by atoms with Crippen LogP contribution in [-0.4, -0.2) is 37.6 Å². The first-order valence-corrected chi connectivity index (χ1v) is 8.94. The zero-order valence-corrected chi connectivity index (χ0v) is 13.6. The van der Waals surface area contributed by atoms with E-state index >= 15 is 0 Å². The van der Waals surface area contributed by atoms with Gasteiger partial charge in [-0.15, -0.1) is 0 Å². The molecule has 0 amide bonds. The monoisotopic (exact) mass is 286 g/mol. The van der Waals surface area contributed by atoms with Crippen molar-refractivity contribution < 1.29 is 0 Å². The summed E-state index contributed by atoms with van der Waals surface area (Å²) in [5.41, 5.74) is 3.15. The fourth-order valence-electron chi connectivity index (χ4n) is 3.95. The summed E-state index contributed by atoms with van der Waals surface area (Å²) >= 11 is 0. The Bertz CT molecular complexity index is 429. The van der Waals surface area contributed by atoms with Crippen LogP contribution in [0.25, 0.3) is 0 Å². The van der Waals surface area contributed by atoms with Crippen LogP contribution in [0.5, 0.6) is 0 Å². The number of rotatable bonds is 5. The average molecular weight is 286 g/mol. The molecule has 1 saturated carbocycles. The van der Waals surface area contributed by atoms with Crippen LogP contribution in [0.4, 0.5) is 5.69 Å². The molecular formula is C19H30N2. The number of unbranched alkanes of at least 4 members (excludes halogenated alkanes) is 1. The summed E-state index contributed by atoms with van der Waals surface area (Å²) in [5.74, 6) is 0.819. The maximum atomic E-state index is 2.64. The topological polar surface area (TPSA) is 6.48 Å². The normalized spacial score (nSPS) is 21.1. The summed E-state index contributed by atoms with van der Waals surface area (Å²) in [5, 5.41) is 0. The molecule has 0 bridgehead atoms. The number of anilines is 1. The van der Waals surface area contributed by atoms with E-state index in [9.17, 15) is 0 Å². The smallest absolute Gasteiger partial charge is 0.0402 e. The molecule has 0 N–H and O–H groups in total. The number of benzene rings is 1. The highest BCUT2D eigenvalue weighted by Gasteiger charge is 2.23. The summed E-state index contributed by atoms with van der Waals surface area (Å²) in [6.07, 6.45) is 8.29. The third kappa shape index (κ3) is 3.60. The molecule has 0 radical (unpaired) electrons. The van der Waals surface area contributed by atoms with Gasteiger partial charge in [-0.2, -0.15) is 0 Å². The summed E-state index contributed by atoms with van der Waals surface area (Å²) < 4.78 is 0. The van der Waals surface area contributed by atoms with Crippen LogP contribution in [0.3, 0.4) is 0 Å². The molecule has 0 atom stereocenters. The van der Waals surface area contributed by atoms with Gasteiger partial charge in [0.1, 0.15) is 0 Å². The Morgan fingerprint density at radius 2 is 1.71 bits per heavy atom. The highest BCUT2D eigenvalue weighted by molar-refractivity contribution is 5.55. The van der Waals surface area contributed by atoms with Crippen molar-refractivity contribution in [2.24, 2.45) is 0 Å². The lowest BCUT2D eigenvalue weighted by Crippen LogP contribution is -2.46. The van der Waals surface area contributed by atoms with Crippen LogP contribution in [-0.2, 0) is 0 Å². The number of hydrogen-bond donors (Lipinski definition) is 0. The molecule has 116 valence electrons. The van der Waals surface area contributed by atoms with Gasteiger partial charge < -0.3 is 4.90 Å². The summed E-state index contributed by atoms with van der Waals surface area (Å²) in [7, 11) is 0. The fraction of sp³-hybridized carbons (Fsp3) is 0.684. The zero-order valence-electron chi connectivity index (χ0n) is 13.6. The van der Waals surface area contributed by atoms with Gasteiger partial charge in [0.25, 0.3) is 0 Å². The van der Waals surface area contributed by atoms with E-state index in [1.54, 1.807) is 5.56 Å². The van der Waals surface area contributed by atoms with Crippen molar-refractivity contribution in [3.63, 3.8) is 0 Å². The average Bonchev–Trinajstić information content (AvgIpc) is 3.08. The highest BCUT2D eigenvalue weighted by atomic mass is 15.3. The largest absolute Gasteiger partial charge is 0.369 e. The van der Waals surface area contributed by atoms with Gasteiger partial charge in [0.15, 0.2) is 0 Å². The zero-order chi connectivity index (χ0) is 14.5. The van der Waals surface area contributed by atoms with Crippen molar-refractivity contribution in [2.75, 3.05) is 37.6 Å². The Balaban J connectivity index is 1.65.